The van der Waals surface area contributed by atoms with Gasteiger partial charge in [-0.1, -0.05) is 52.3 Å². The van der Waals surface area contributed by atoms with E-state index in [1.54, 1.807) is 12.1 Å². The molecule has 0 saturated heterocycles. The van der Waals surface area contributed by atoms with Gasteiger partial charge in [-0.3, -0.25) is 4.57 Å². The zero-order chi connectivity index (χ0) is 17.8. The van der Waals surface area contributed by atoms with E-state index in [9.17, 15) is 13.3 Å². The number of benzene rings is 2. The Morgan fingerprint density at radius 1 is 0.917 bits per heavy atom. The smallest absolute Gasteiger partial charge is 0.304 e. The summed E-state index contributed by atoms with van der Waals surface area (Å²) in [7, 11) is -4.58. The summed E-state index contributed by atoms with van der Waals surface area (Å²) in [6.07, 6.45) is 0. The Bertz CT molecular complexity index is 708. The summed E-state index contributed by atoms with van der Waals surface area (Å²) in [5, 5.41) is 0. The standard InChI is InChI=1S/C17H18BrF2O3P/c1-3-22-24(21,23-4-2)17(19,20)15-9-5-13(6-10-15)14-7-11-16(18)12-8-14/h5-12H,3-4H2,1-2H3. The lowest BCUT2D eigenvalue weighted by atomic mass is 10.0. The molecule has 0 N–H and O–H groups in total. The first-order valence-corrected chi connectivity index (χ1v) is 9.81. The van der Waals surface area contributed by atoms with E-state index in [4.69, 9.17) is 9.05 Å². The monoisotopic (exact) mass is 418 g/mol. The molecule has 130 valence electrons. The van der Waals surface area contributed by atoms with Gasteiger partial charge in [-0.25, -0.2) is 0 Å². The molecule has 0 heterocycles. The second-order valence-corrected chi connectivity index (χ2v) is 7.95. The molecule has 24 heavy (non-hydrogen) atoms. The van der Waals surface area contributed by atoms with Crippen LogP contribution in [0, 0.1) is 0 Å². The van der Waals surface area contributed by atoms with Gasteiger partial charge in [-0.2, -0.15) is 8.78 Å². The van der Waals surface area contributed by atoms with Gasteiger partial charge in [0.2, 0.25) is 0 Å². The third-order valence-corrected chi connectivity index (χ3v) is 6.02. The maximum Gasteiger partial charge on any atom is 0.404 e. The van der Waals surface area contributed by atoms with Crippen LogP contribution in [0.1, 0.15) is 19.4 Å². The summed E-state index contributed by atoms with van der Waals surface area (Å²) in [6.45, 7) is 2.75. The third-order valence-electron chi connectivity index (χ3n) is 3.35. The average Bonchev–Trinajstić information content (AvgIpc) is 2.56. The summed E-state index contributed by atoms with van der Waals surface area (Å²) in [5.41, 5.74) is -2.43. The molecule has 0 aliphatic heterocycles. The Morgan fingerprint density at radius 2 is 1.33 bits per heavy atom. The molecule has 0 aliphatic carbocycles. The Morgan fingerprint density at radius 3 is 1.75 bits per heavy atom. The molecule has 7 heteroatoms. The van der Waals surface area contributed by atoms with Gasteiger partial charge in [0.1, 0.15) is 0 Å². The predicted octanol–water partition coefficient (Wildman–Crippen LogP) is 6.43. The van der Waals surface area contributed by atoms with Crippen molar-refractivity contribution in [3.63, 3.8) is 0 Å². The van der Waals surface area contributed by atoms with Crippen molar-refractivity contribution < 1.29 is 22.4 Å². The Kier molecular flexibility index (Phi) is 6.32. The maximum absolute atomic E-state index is 14.6. The Balaban J connectivity index is 2.34. The van der Waals surface area contributed by atoms with Gasteiger partial charge >= 0.3 is 13.3 Å². The molecule has 0 aliphatic rings. The van der Waals surface area contributed by atoms with Crippen molar-refractivity contribution in [2.75, 3.05) is 13.2 Å². The van der Waals surface area contributed by atoms with Crippen molar-refractivity contribution in [2.45, 2.75) is 19.5 Å². The van der Waals surface area contributed by atoms with Crippen molar-refractivity contribution in [1.29, 1.82) is 0 Å². The molecule has 0 amide bonds. The zero-order valence-electron chi connectivity index (χ0n) is 13.3. The summed E-state index contributed by atoms with van der Waals surface area (Å²) in [5.74, 6) is 0. The Hall–Kier alpha value is -1.07. The molecule has 0 unspecified atom stereocenters. The van der Waals surface area contributed by atoms with Crippen molar-refractivity contribution in [3.05, 3.63) is 58.6 Å². The fourth-order valence-corrected chi connectivity index (χ4v) is 4.01. The van der Waals surface area contributed by atoms with E-state index in [1.165, 1.54) is 26.0 Å². The molecule has 0 saturated carbocycles. The highest BCUT2D eigenvalue weighted by Crippen LogP contribution is 2.66. The minimum absolute atomic E-state index is 0.121. The van der Waals surface area contributed by atoms with Crippen LogP contribution in [0.15, 0.2) is 53.0 Å². The lowest BCUT2D eigenvalue weighted by Gasteiger charge is -2.26. The van der Waals surface area contributed by atoms with E-state index in [-0.39, 0.29) is 13.2 Å². The molecule has 0 radical (unpaired) electrons. The first kappa shape index (κ1) is 19.3. The van der Waals surface area contributed by atoms with Crippen LogP contribution >= 0.6 is 23.5 Å². The number of rotatable bonds is 7. The van der Waals surface area contributed by atoms with Crippen LogP contribution in [0.5, 0.6) is 0 Å². The van der Waals surface area contributed by atoms with E-state index >= 15 is 0 Å². The van der Waals surface area contributed by atoms with Gasteiger partial charge in [0.05, 0.1) is 13.2 Å². The minimum atomic E-state index is -4.58. The quantitative estimate of drug-likeness (QED) is 0.485. The third kappa shape index (κ3) is 3.94. The molecule has 2 rings (SSSR count). The van der Waals surface area contributed by atoms with E-state index in [2.05, 4.69) is 15.9 Å². The highest BCUT2D eigenvalue weighted by atomic mass is 79.9. The molecule has 0 spiro atoms. The average molecular weight is 419 g/mol. The van der Waals surface area contributed by atoms with E-state index in [0.29, 0.717) is 0 Å². The number of alkyl halides is 2. The van der Waals surface area contributed by atoms with Gasteiger partial charge in [0, 0.05) is 10.0 Å². The largest absolute Gasteiger partial charge is 0.404 e. The summed E-state index contributed by atoms with van der Waals surface area (Å²) in [4.78, 5) is 0. The van der Waals surface area contributed by atoms with Crippen LogP contribution in [0.2, 0.25) is 0 Å². The molecular formula is C17H18BrF2O3P. The van der Waals surface area contributed by atoms with Crippen LogP contribution < -0.4 is 0 Å². The Labute approximate surface area is 148 Å². The van der Waals surface area contributed by atoms with Crippen LogP contribution in [0.25, 0.3) is 11.1 Å². The molecule has 3 nitrogen and oxygen atoms in total. The summed E-state index contributed by atoms with van der Waals surface area (Å²) >= 11 is 3.35. The summed E-state index contributed by atoms with van der Waals surface area (Å²) in [6, 6.07) is 13.1. The topological polar surface area (TPSA) is 35.5 Å². The molecule has 0 atom stereocenters. The second-order valence-electron chi connectivity index (χ2n) is 4.96. The number of hydrogen-bond acceptors (Lipinski definition) is 3. The number of hydrogen-bond donors (Lipinski definition) is 0. The highest BCUT2D eigenvalue weighted by Gasteiger charge is 2.54. The van der Waals surface area contributed by atoms with Gasteiger partial charge in [-0.15, -0.1) is 0 Å². The second kappa shape index (κ2) is 7.87. The lowest BCUT2D eigenvalue weighted by Crippen LogP contribution is -2.18. The van der Waals surface area contributed by atoms with Gasteiger partial charge in [-0.05, 0) is 37.1 Å². The lowest BCUT2D eigenvalue weighted by molar-refractivity contribution is 0.0361. The van der Waals surface area contributed by atoms with Crippen LogP contribution in [-0.4, -0.2) is 13.2 Å². The van der Waals surface area contributed by atoms with Crippen molar-refractivity contribution in [3.8, 4) is 11.1 Å². The van der Waals surface area contributed by atoms with E-state index in [0.717, 1.165) is 15.6 Å². The maximum atomic E-state index is 14.6. The van der Waals surface area contributed by atoms with Gasteiger partial charge in [0.25, 0.3) is 0 Å². The normalized spacial score (nSPS) is 12.4. The SMILES string of the molecule is CCOP(=O)(OCC)C(F)(F)c1ccc(-c2ccc(Br)cc2)cc1. The number of halogens is 3. The first-order chi connectivity index (χ1) is 11.3. The first-order valence-electron chi connectivity index (χ1n) is 7.47. The fraction of sp³-hybridized carbons (Fsp3) is 0.294. The highest BCUT2D eigenvalue weighted by molar-refractivity contribution is 9.10. The molecule has 2 aromatic carbocycles. The van der Waals surface area contributed by atoms with Crippen molar-refractivity contribution in [2.24, 2.45) is 0 Å². The molecule has 0 bridgehead atoms. The minimum Gasteiger partial charge on any atom is -0.304 e. The fourth-order valence-electron chi connectivity index (χ4n) is 2.20. The molecule has 2 aromatic rings. The van der Waals surface area contributed by atoms with Crippen LogP contribution in [-0.2, 0) is 19.3 Å². The summed E-state index contributed by atoms with van der Waals surface area (Å²) < 4.78 is 52.2. The molecular weight excluding hydrogens is 401 g/mol. The predicted molar refractivity (Wildman–Crippen MR) is 94.3 cm³/mol. The van der Waals surface area contributed by atoms with Crippen molar-refractivity contribution >= 4 is 23.5 Å². The van der Waals surface area contributed by atoms with E-state index < -0.39 is 18.8 Å². The van der Waals surface area contributed by atoms with Crippen LogP contribution in [0.3, 0.4) is 0 Å². The van der Waals surface area contributed by atoms with E-state index in [1.807, 2.05) is 24.3 Å². The van der Waals surface area contributed by atoms with Crippen molar-refractivity contribution in [1.82, 2.24) is 0 Å². The van der Waals surface area contributed by atoms with Gasteiger partial charge < -0.3 is 9.05 Å². The molecule has 0 aromatic heterocycles. The van der Waals surface area contributed by atoms with Gasteiger partial charge in [0.15, 0.2) is 0 Å². The van der Waals surface area contributed by atoms with Crippen LogP contribution in [0.4, 0.5) is 8.78 Å². The zero-order valence-corrected chi connectivity index (χ0v) is 15.8. The molecule has 0 fully saturated rings.